The molecule has 0 unspecified atom stereocenters. The fraction of sp³-hybridized carbons (Fsp3) is 0. The third-order valence-electron chi connectivity index (χ3n) is 29.8. The Hall–Kier alpha value is -19.3. The number of para-hydroxylation sites is 13. The zero-order valence-electron chi connectivity index (χ0n) is 78.6. The highest BCUT2D eigenvalue weighted by atomic mass is 32.1. The summed E-state index contributed by atoms with van der Waals surface area (Å²) < 4.78 is 25.4. The van der Waals surface area contributed by atoms with Gasteiger partial charge in [0.15, 0.2) is 0 Å². The predicted octanol–water partition coefficient (Wildman–Crippen LogP) is 35.0. The first kappa shape index (κ1) is 82.4. The second-order valence-corrected chi connectivity index (χ2v) is 40.1. The highest BCUT2D eigenvalue weighted by Crippen LogP contribution is 2.48. The maximum Gasteiger partial charge on any atom is 0.221 e. The molecule has 0 radical (unpaired) electrons. The fourth-order valence-electron chi connectivity index (χ4n) is 22.9. The maximum absolute atomic E-state index is 6.60. The SMILES string of the molecule is c1ccc(-c2ccc3oc4c(-c5ccc6c(c5)c5ccccc5n6-c5nc6ccccc6c6nc7ccccc7n56)cccc4c3c2)cc1.c1ccc(-c2ccc3sc4c(-c5ccc6c(c5)c5ccccc5n6-c5nc6ccccc6c6nc7ccccc7n56)cccc4c3c2)cc1.c1ccc2c(c1)nc(-n1c3ccccc3c3cc(-c4ccc(-c5ccc6sc7ccccc7c6c5)cc4)ccc31)n1c3ccccc3nc21. The molecule has 21 aromatic carbocycles. The van der Waals surface area contributed by atoms with Gasteiger partial charge in [0.25, 0.3) is 0 Å². The number of nitrogens with zero attached hydrogens (tertiary/aromatic N) is 12. The Labute approximate surface area is 845 Å². The van der Waals surface area contributed by atoms with E-state index in [1.165, 1.54) is 118 Å². The van der Waals surface area contributed by atoms with E-state index in [2.05, 4.69) is 458 Å². The molecule has 0 spiro atoms. The van der Waals surface area contributed by atoms with Crippen molar-refractivity contribution < 1.29 is 4.42 Å². The Balaban J connectivity index is 0.0000000999. The first-order chi connectivity index (χ1) is 72.9. The van der Waals surface area contributed by atoms with E-state index < -0.39 is 0 Å². The fourth-order valence-corrected chi connectivity index (χ4v) is 25.2. The van der Waals surface area contributed by atoms with Crippen LogP contribution in [-0.4, -0.2) is 56.8 Å². The molecule has 15 heteroatoms. The van der Waals surface area contributed by atoms with E-state index in [-0.39, 0.29) is 0 Å². The molecule has 0 amide bonds. The van der Waals surface area contributed by atoms with Crippen LogP contribution in [0.4, 0.5) is 0 Å². The van der Waals surface area contributed by atoms with Crippen molar-refractivity contribution in [1.82, 2.24) is 56.8 Å². The number of imidazole rings is 3. The van der Waals surface area contributed by atoms with Crippen molar-refractivity contribution in [2.45, 2.75) is 0 Å². The summed E-state index contributed by atoms with van der Waals surface area (Å²) in [4.78, 5) is 31.2. The average molecular weight is 1910 g/mol. The van der Waals surface area contributed by atoms with Gasteiger partial charge in [-0.2, -0.15) is 0 Å². The Kier molecular flexibility index (Phi) is 18.3. The Morgan fingerprint density at radius 2 is 0.469 bits per heavy atom. The quantitative estimate of drug-likeness (QED) is 0.141. The predicted molar refractivity (Wildman–Crippen MR) is 613 cm³/mol. The summed E-state index contributed by atoms with van der Waals surface area (Å²) in [5.41, 5.74) is 34.2. The van der Waals surface area contributed by atoms with Crippen LogP contribution in [0.5, 0.6) is 0 Å². The lowest BCUT2D eigenvalue weighted by molar-refractivity contribution is 0.670. The zero-order valence-corrected chi connectivity index (χ0v) is 80.3. The van der Waals surface area contributed by atoms with Gasteiger partial charge in [-0.25, -0.2) is 29.9 Å². The van der Waals surface area contributed by atoms with Crippen LogP contribution in [0, 0.1) is 0 Å². The number of hydrogen-bond donors (Lipinski definition) is 0. The third kappa shape index (κ3) is 12.9. The molecule has 0 aliphatic heterocycles. The average Bonchev–Trinajstić information content (AvgIpc) is 1.56. The number of furan rings is 1. The van der Waals surface area contributed by atoms with Crippen molar-refractivity contribution >= 4 is 233 Å². The Morgan fingerprint density at radius 1 is 0.170 bits per heavy atom. The highest BCUT2D eigenvalue weighted by molar-refractivity contribution is 7.26. The van der Waals surface area contributed by atoms with Crippen molar-refractivity contribution in [3.05, 3.63) is 473 Å². The van der Waals surface area contributed by atoms with Gasteiger partial charge < -0.3 is 4.42 Å². The van der Waals surface area contributed by atoms with Crippen LogP contribution < -0.4 is 0 Å². The number of aromatic nitrogens is 12. The molecular weight excluding hydrogens is 1830 g/mol. The van der Waals surface area contributed by atoms with Crippen molar-refractivity contribution in [2.24, 2.45) is 0 Å². The summed E-state index contributed by atoms with van der Waals surface area (Å²) in [7, 11) is 0. The molecule has 684 valence electrons. The van der Waals surface area contributed by atoms with Crippen LogP contribution in [0.3, 0.4) is 0 Å². The zero-order chi connectivity index (χ0) is 96.2. The van der Waals surface area contributed by atoms with Crippen LogP contribution in [0.2, 0.25) is 0 Å². The number of benzene rings is 21. The van der Waals surface area contributed by atoms with Gasteiger partial charge in [0.2, 0.25) is 17.8 Å². The first-order valence-electron chi connectivity index (χ1n) is 49.5. The lowest BCUT2D eigenvalue weighted by Crippen LogP contribution is -2.06. The molecule has 0 aliphatic carbocycles. The Bertz CT molecular complexity index is 10900. The summed E-state index contributed by atoms with van der Waals surface area (Å²) in [6, 6.07) is 168. The summed E-state index contributed by atoms with van der Waals surface area (Å²) in [6.07, 6.45) is 0. The van der Waals surface area contributed by atoms with Crippen molar-refractivity contribution in [2.75, 3.05) is 0 Å². The minimum absolute atomic E-state index is 0.815. The van der Waals surface area contributed by atoms with E-state index in [1.54, 1.807) is 0 Å². The lowest BCUT2D eigenvalue weighted by atomic mass is 9.98. The summed E-state index contributed by atoms with van der Waals surface area (Å²) in [6.45, 7) is 0. The minimum Gasteiger partial charge on any atom is -0.455 e. The molecule has 33 aromatic rings. The van der Waals surface area contributed by atoms with Gasteiger partial charge in [-0.1, -0.05) is 303 Å². The molecule has 0 atom stereocenters. The molecule has 13 nitrogen and oxygen atoms in total. The molecule has 0 aliphatic rings. The van der Waals surface area contributed by atoms with Gasteiger partial charge in [-0.3, -0.25) is 26.9 Å². The second kappa shape index (κ2) is 32.6. The van der Waals surface area contributed by atoms with Crippen LogP contribution in [0.25, 0.3) is 295 Å². The lowest BCUT2D eigenvalue weighted by Gasteiger charge is -2.12. The number of rotatable bonds is 9. The van der Waals surface area contributed by atoms with Crippen molar-refractivity contribution in [3.8, 4) is 84.6 Å². The van der Waals surface area contributed by atoms with Gasteiger partial charge in [0.1, 0.15) is 28.1 Å². The van der Waals surface area contributed by atoms with Crippen molar-refractivity contribution in [3.63, 3.8) is 0 Å². The standard InChI is InChI=1S/C44H26N4O.2C44H26N4S/c1-2-11-27(12-3-1)28-22-24-41-35(25-28)32-16-10-15-30(42(32)49-41)29-21-23-39-34(26-29)31-13-5-8-19-38(31)47(39)44-46-36-17-6-4-14-33(36)43-45-37-18-7-9-20-40(37)48(43)44;1-4-12-36-33(11-1)43-45-37-13-5-7-15-40(37)48(43)44(46-36)47-38-14-6-2-9-31(38)34-25-29(21-23-39(34)47)27-17-19-28(20-18-27)30-22-24-42-35(26-30)32-10-3-8-16-41(32)49-42;1-2-11-27(12-3-1)28-22-24-41-35(25-28)32-16-10-15-30(42(32)49-41)29-21-23-39-34(26-29)31-13-5-8-19-38(31)47(39)44-46-36-17-6-4-14-33(36)43-45-37-18-7-9-20-40(37)48(43)44/h3*1-26H. The molecule has 0 fully saturated rings. The van der Waals surface area contributed by atoms with Gasteiger partial charge in [0.05, 0.1) is 82.8 Å². The molecule has 0 saturated heterocycles. The summed E-state index contributed by atoms with van der Waals surface area (Å²) in [5, 5.41) is 17.7. The van der Waals surface area contributed by atoms with E-state index in [9.17, 15) is 0 Å². The largest absolute Gasteiger partial charge is 0.455 e. The molecule has 0 N–H and O–H groups in total. The topological polar surface area (TPSA) is 119 Å². The van der Waals surface area contributed by atoms with E-state index >= 15 is 0 Å². The molecule has 12 aromatic heterocycles. The highest BCUT2D eigenvalue weighted by Gasteiger charge is 2.28. The summed E-state index contributed by atoms with van der Waals surface area (Å²) >= 11 is 3.74. The smallest absolute Gasteiger partial charge is 0.221 e. The monoisotopic (exact) mass is 1910 g/mol. The van der Waals surface area contributed by atoms with Gasteiger partial charge in [-0.05, 0) is 231 Å². The Morgan fingerprint density at radius 3 is 0.932 bits per heavy atom. The van der Waals surface area contributed by atoms with Crippen molar-refractivity contribution in [1.29, 1.82) is 0 Å². The van der Waals surface area contributed by atoms with Crippen LogP contribution in [0.15, 0.2) is 478 Å². The molecule has 12 heterocycles. The molecular formula is C132H78N12OS2. The molecule has 0 saturated carbocycles. The van der Waals surface area contributed by atoms with E-state index in [0.29, 0.717) is 0 Å². The number of fused-ring (bicyclic) bond motifs is 33. The van der Waals surface area contributed by atoms with Gasteiger partial charge >= 0.3 is 0 Å². The second-order valence-electron chi connectivity index (χ2n) is 37.9. The molecule has 33 rings (SSSR count). The van der Waals surface area contributed by atoms with E-state index in [4.69, 9.17) is 34.3 Å². The van der Waals surface area contributed by atoms with Crippen LogP contribution in [0.1, 0.15) is 0 Å². The third-order valence-corrected chi connectivity index (χ3v) is 32.1. The summed E-state index contributed by atoms with van der Waals surface area (Å²) in [5.74, 6) is 2.48. The minimum atomic E-state index is 0.815. The van der Waals surface area contributed by atoms with Crippen LogP contribution >= 0.6 is 22.7 Å². The van der Waals surface area contributed by atoms with Crippen LogP contribution in [-0.2, 0) is 0 Å². The molecule has 147 heavy (non-hydrogen) atoms. The van der Waals surface area contributed by atoms with Gasteiger partial charge in [-0.15, -0.1) is 22.7 Å². The number of thiophene rings is 2. The van der Waals surface area contributed by atoms with E-state index in [1.807, 2.05) is 65.1 Å². The number of hydrogen-bond acceptors (Lipinski definition) is 9. The van der Waals surface area contributed by atoms with E-state index in [0.717, 1.165) is 178 Å². The molecule has 0 bridgehead atoms. The van der Waals surface area contributed by atoms with Gasteiger partial charge in [0, 0.05) is 105 Å². The normalized spacial score (nSPS) is 12.1. The maximum atomic E-state index is 6.60. The first-order valence-corrected chi connectivity index (χ1v) is 51.1.